The van der Waals surface area contributed by atoms with Crippen molar-refractivity contribution in [1.29, 1.82) is 0 Å². The van der Waals surface area contributed by atoms with E-state index < -0.39 is 22.5 Å². The van der Waals surface area contributed by atoms with Crippen LogP contribution >= 0.6 is 60.8 Å². The number of alkyl halides is 2. The number of phosphoric ester groups is 2. The molecular formula is C18H22I2O8P2. The third-order valence-electron chi connectivity index (χ3n) is 4.67. The number of rotatable bonds is 9. The molecule has 8 nitrogen and oxygen atoms in total. The van der Waals surface area contributed by atoms with Crippen LogP contribution in [0.4, 0.5) is 0 Å². The van der Waals surface area contributed by atoms with Crippen molar-refractivity contribution < 1.29 is 37.8 Å². The molecule has 0 spiro atoms. The molecule has 166 valence electrons. The molecule has 0 fully saturated rings. The van der Waals surface area contributed by atoms with E-state index in [0.717, 1.165) is 24.0 Å². The Balaban J connectivity index is 2.43. The van der Waals surface area contributed by atoms with E-state index in [4.69, 9.17) is 19.6 Å². The van der Waals surface area contributed by atoms with Crippen molar-refractivity contribution >= 4 is 60.8 Å². The molecule has 2 unspecified atom stereocenters. The van der Waals surface area contributed by atoms with Gasteiger partial charge in [-0.15, -0.1) is 0 Å². The van der Waals surface area contributed by atoms with Crippen LogP contribution in [0.5, 0.6) is 11.5 Å². The minimum absolute atomic E-state index is 0.0800. The maximum Gasteiger partial charge on any atom is 0.524 e. The van der Waals surface area contributed by atoms with E-state index in [1.165, 1.54) is 24.3 Å². The second-order valence-electron chi connectivity index (χ2n) is 6.52. The smallest absolute Gasteiger partial charge is 0.404 e. The normalized spacial score (nSPS) is 16.4. The molecule has 0 amide bonds. The Labute approximate surface area is 202 Å². The lowest BCUT2D eigenvalue weighted by molar-refractivity contribution is 0.280. The summed E-state index contributed by atoms with van der Waals surface area (Å²) < 4.78 is 30.6. The molecule has 0 bridgehead atoms. The fourth-order valence-corrected chi connectivity index (χ4v) is 6.16. The van der Waals surface area contributed by atoms with E-state index in [1.807, 2.05) is 0 Å². The first-order valence-electron chi connectivity index (χ1n) is 8.83. The summed E-state index contributed by atoms with van der Waals surface area (Å²) in [6, 6.07) is 13.3. The van der Waals surface area contributed by atoms with Crippen molar-refractivity contribution in [2.45, 2.75) is 33.5 Å². The Kier molecular flexibility index (Phi) is 8.46. The molecule has 2 aromatic carbocycles. The Hall–Kier alpha value is -0.200. The highest BCUT2D eigenvalue weighted by molar-refractivity contribution is 14.1. The van der Waals surface area contributed by atoms with E-state index in [-0.39, 0.29) is 11.5 Å². The minimum atomic E-state index is -4.63. The van der Waals surface area contributed by atoms with Crippen molar-refractivity contribution in [3.63, 3.8) is 0 Å². The van der Waals surface area contributed by atoms with Crippen LogP contribution in [0.2, 0.25) is 0 Å². The molecule has 0 saturated heterocycles. The van der Waals surface area contributed by atoms with E-state index in [2.05, 4.69) is 68.1 Å². The average molecular weight is 682 g/mol. The summed E-state index contributed by atoms with van der Waals surface area (Å²) >= 11 is 4.80. The van der Waals surface area contributed by atoms with Gasteiger partial charge in [0.05, 0.1) is 6.84 Å². The van der Waals surface area contributed by atoms with Crippen LogP contribution in [-0.2, 0) is 16.0 Å². The molecule has 2 aromatic rings. The van der Waals surface area contributed by atoms with Crippen LogP contribution in [0, 0.1) is 0 Å². The largest absolute Gasteiger partial charge is 0.524 e. The summed E-state index contributed by atoms with van der Waals surface area (Å²) in [6.07, 6.45) is 1.51. The Morgan fingerprint density at radius 3 is 1.17 bits per heavy atom. The molecule has 2 rings (SSSR count). The fourth-order valence-electron chi connectivity index (χ4n) is 3.26. The second-order valence-corrected chi connectivity index (χ2v) is 12.5. The zero-order valence-electron chi connectivity index (χ0n) is 16.1. The lowest BCUT2D eigenvalue weighted by atomic mass is 9.78. The molecule has 0 aromatic heterocycles. The quantitative estimate of drug-likeness (QED) is 0.157. The third kappa shape index (κ3) is 6.19. The monoisotopic (exact) mass is 682 g/mol. The molecule has 30 heavy (non-hydrogen) atoms. The van der Waals surface area contributed by atoms with Crippen LogP contribution in [0.15, 0.2) is 48.5 Å². The number of hydrogen-bond acceptors (Lipinski definition) is 4. The molecule has 0 aliphatic carbocycles. The van der Waals surface area contributed by atoms with Gasteiger partial charge in [0.2, 0.25) is 0 Å². The van der Waals surface area contributed by atoms with Gasteiger partial charge >= 0.3 is 15.6 Å². The SMILES string of the molecule is CCC(I)(c1ccc(OP(=O)(O)O)cc1)C(I)(CC)c1ccc(OP(=O)(O)O)cc1. The first-order valence-corrected chi connectivity index (χ1v) is 14.0. The van der Waals surface area contributed by atoms with Crippen LogP contribution < -0.4 is 9.05 Å². The Morgan fingerprint density at radius 2 is 0.967 bits per heavy atom. The van der Waals surface area contributed by atoms with E-state index >= 15 is 0 Å². The molecule has 0 aliphatic heterocycles. The lowest BCUT2D eigenvalue weighted by Crippen LogP contribution is -2.39. The number of phosphoric acid groups is 2. The zero-order chi connectivity index (χ0) is 22.8. The predicted octanol–water partition coefficient (Wildman–Crippen LogP) is 5.41. The van der Waals surface area contributed by atoms with Gasteiger partial charge in [-0.05, 0) is 48.2 Å². The molecule has 0 aliphatic rings. The van der Waals surface area contributed by atoms with Crippen LogP contribution in [0.1, 0.15) is 37.8 Å². The first-order chi connectivity index (χ1) is 13.7. The molecule has 0 heterocycles. The van der Waals surface area contributed by atoms with Crippen LogP contribution in [0.25, 0.3) is 0 Å². The summed E-state index contributed by atoms with van der Waals surface area (Å²) in [4.78, 5) is 35.9. The summed E-state index contributed by atoms with van der Waals surface area (Å²) in [6.45, 7) is 4.11. The van der Waals surface area contributed by atoms with Gasteiger partial charge in [-0.25, -0.2) is 9.13 Å². The Bertz CT molecular complexity index is 878. The molecule has 4 N–H and O–H groups in total. The highest BCUT2D eigenvalue weighted by atomic mass is 127. The first kappa shape index (κ1) is 26.1. The summed E-state index contributed by atoms with van der Waals surface area (Å²) in [5.74, 6) is 0.160. The molecule has 0 saturated carbocycles. The van der Waals surface area contributed by atoms with Crippen LogP contribution in [0.3, 0.4) is 0 Å². The number of hydrogen-bond donors (Lipinski definition) is 4. The van der Waals surface area contributed by atoms with Gasteiger partial charge in [0, 0.05) is 0 Å². The van der Waals surface area contributed by atoms with Crippen LogP contribution in [-0.4, -0.2) is 19.6 Å². The van der Waals surface area contributed by atoms with Gasteiger partial charge in [-0.3, -0.25) is 19.6 Å². The molecular weight excluding hydrogens is 660 g/mol. The number of benzene rings is 2. The van der Waals surface area contributed by atoms with Gasteiger partial charge < -0.3 is 9.05 Å². The van der Waals surface area contributed by atoms with Gasteiger partial charge in [-0.1, -0.05) is 83.3 Å². The van der Waals surface area contributed by atoms with Gasteiger partial charge in [-0.2, -0.15) is 0 Å². The lowest BCUT2D eigenvalue weighted by Gasteiger charge is -2.44. The van der Waals surface area contributed by atoms with Crippen molar-refractivity contribution in [3.8, 4) is 11.5 Å². The van der Waals surface area contributed by atoms with Crippen molar-refractivity contribution in [1.82, 2.24) is 0 Å². The summed E-state index contributed by atoms with van der Waals surface area (Å²) in [5.41, 5.74) is 1.91. The summed E-state index contributed by atoms with van der Waals surface area (Å²) in [5, 5.41) is 0. The standard InChI is InChI=1S/C18H22I2O8P2/c1-3-17(19,13-5-9-15(10-6-13)27-29(21,22)23)18(20,4-2)14-7-11-16(12-8-14)28-30(24,25)26/h5-12H,3-4H2,1-2H3,(H2,21,22,23)(H2,24,25,26). The van der Waals surface area contributed by atoms with Gasteiger partial charge in [0.15, 0.2) is 0 Å². The van der Waals surface area contributed by atoms with Gasteiger partial charge in [0.1, 0.15) is 11.5 Å². The van der Waals surface area contributed by atoms with Crippen molar-refractivity contribution in [2.24, 2.45) is 0 Å². The predicted molar refractivity (Wildman–Crippen MR) is 130 cm³/mol. The number of halogens is 2. The molecule has 0 radical (unpaired) electrons. The Morgan fingerprint density at radius 1 is 0.700 bits per heavy atom. The highest BCUT2D eigenvalue weighted by Crippen LogP contribution is 2.58. The highest BCUT2D eigenvalue weighted by Gasteiger charge is 2.48. The fraction of sp³-hybridized carbons (Fsp3) is 0.333. The van der Waals surface area contributed by atoms with E-state index in [1.54, 1.807) is 24.3 Å². The maximum absolute atomic E-state index is 11.1. The maximum atomic E-state index is 11.1. The molecule has 2 atom stereocenters. The minimum Gasteiger partial charge on any atom is -0.404 e. The molecule has 12 heteroatoms. The second kappa shape index (κ2) is 9.74. The summed E-state index contributed by atoms with van der Waals surface area (Å²) in [7, 11) is -9.25. The van der Waals surface area contributed by atoms with E-state index in [0.29, 0.717) is 0 Å². The average Bonchev–Trinajstić information content (AvgIpc) is 2.65. The van der Waals surface area contributed by atoms with Gasteiger partial charge in [0.25, 0.3) is 0 Å². The van der Waals surface area contributed by atoms with E-state index in [9.17, 15) is 9.13 Å². The van der Waals surface area contributed by atoms with Crippen molar-refractivity contribution in [3.05, 3.63) is 59.7 Å². The third-order valence-corrected chi connectivity index (χ3v) is 11.2. The van der Waals surface area contributed by atoms with Crippen molar-refractivity contribution in [2.75, 3.05) is 0 Å². The topological polar surface area (TPSA) is 134 Å². The zero-order valence-corrected chi connectivity index (χ0v) is 22.2.